The van der Waals surface area contributed by atoms with E-state index in [1.54, 1.807) is 4.52 Å². The lowest BCUT2D eigenvalue weighted by molar-refractivity contribution is -0.117. The fourth-order valence-corrected chi connectivity index (χ4v) is 3.31. The number of nitrogens with zero attached hydrogens (tertiary/aromatic N) is 4. The molecule has 0 radical (unpaired) electrons. The van der Waals surface area contributed by atoms with Crippen molar-refractivity contribution in [1.82, 2.24) is 19.6 Å². The van der Waals surface area contributed by atoms with Crippen molar-refractivity contribution in [3.63, 3.8) is 0 Å². The molecule has 1 amide bonds. The van der Waals surface area contributed by atoms with Crippen molar-refractivity contribution in [2.75, 3.05) is 5.32 Å². The van der Waals surface area contributed by atoms with E-state index < -0.39 is 0 Å². The predicted molar refractivity (Wildman–Crippen MR) is 75.2 cm³/mol. The van der Waals surface area contributed by atoms with Crippen LogP contribution in [0.1, 0.15) is 12.8 Å². The summed E-state index contributed by atoms with van der Waals surface area (Å²) < 4.78 is 2.56. The zero-order valence-corrected chi connectivity index (χ0v) is 12.0. The number of carbonyl (C=O) groups is 1. The van der Waals surface area contributed by atoms with Gasteiger partial charge < -0.3 is 5.32 Å². The number of carbonyl (C=O) groups excluding carboxylic acids is 1. The number of hydrogen-bond donors (Lipinski definition) is 1. The van der Waals surface area contributed by atoms with E-state index in [2.05, 4.69) is 36.3 Å². The predicted octanol–water partition coefficient (Wildman–Crippen LogP) is 2.45. The third-order valence-corrected chi connectivity index (χ3v) is 4.58. The molecule has 1 aliphatic carbocycles. The van der Waals surface area contributed by atoms with E-state index in [-0.39, 0.29) is 11.8 Å². The van der Waals surface area contributed by atoms with Crippen LogP contribution in [0.15, 0.2) is 16.9 Å². The molecule has 3 aromatic heterocycles. The first-order valence-corrected chi connectivity index (χ1v) is 7.43. The van der Waals surface area contributed by atoms with Gasteiger partial charge in [-0.2, -0.15) is 5.10 Å². The lowest BCUT2D eigenvalue weighted by Crippen LogP contribution is -2.12. The molecule has 1 aliphatic rings. The van der Waals surface area contributed by atoms with Gasteiger partial charge in [0, 0.05) is 5.92 Å². The largest absolute Gasteiger partial charge is 0.302 e. The Balaban J connectivity index is 1.83. The first kappa shape index (κ1) is 11.3. The van der Waals surface area contributed by atoms with E-state index in [0.717, 1.165) is 33.3 Å². The van der Waals surface area contributed by atoms with Gasteiger partial charge in [0.1, 0.15) is 16.7 Å². The summed E-state index contributed by atoms with van der Waals surface area (Å²) in [6.07, 6.45) is 3.47. The summed E-state index contributed by atoms with van der Waals surface area (Å²) in [6.45, 7) is 0. The van der Waals surface area contributed by atoms with Gasteiger partial charge in [0.2, 0.25) is 5.91 Å². The fourth-order valence-electron chi connectivity index (χ4n) is 1.91. The molecular weight excluding hydrogens is 330 g/mol. The number of nitrogens with one attached hydrogen (secondary N) is 1. The number of hydrogen-bond acceptors (Lipinski definition) is 5. The van der Waals surface area contributed by atoms with Crippen molar-refractivity contribution in [1.29, 1.82) is 0 Å². The van der Waals surface area contributed by atoms with Crippen LogP contribution < -0.4 is 5.32 Å². The van der Waals surface area contributed by atoms with Crippen LogP contribution in [0, 0.1) is 5.92 Å². The number of fused-ring (bicyclic) bond motifs is 3. The average molecular weight is 338 g/mol. The number of pyridine rings is 1. The molecule has 0 bridgehead atoms. The quantitative estimate of drug-likeness (QED) is 0.779. The van der Waals surface area contributed by atoms with Crippen LogP contribution in [0.4, 0.5) is 5.13 Å². The van der Waals surface area contributed by atoms with Gasteiger partial charge >= 0.3 is 0 Å². The molecule has 0 atom stereocenters. The van der Waals surface area contributed by atoms with E-state index in [4.69, 9.17) is 0 Å². The summed E-state index contributed by atoms with van der Waals surface area (Å²) in [5, 5.41) is 7.65. The van der Waals surface area contributed by atoms with Crippen molar-refractivity contribution < 1.29 is 4.79 Å². The van der Waals surface area contributed by atoms with E-state index in [1.807, 2.05) is 6.07 Å². The lowest BCUT2D eigenvalue weighted by Gasteiger charge is -1.96. The normalized spacial score (nSPS) is 15.2. The van der Waals surface area contributed by atoms with E-state index in [9.17, 15) is 4.79 Å². The van der Waals surface area contributed by atoms with Crippen LogP contribution in [0.5, 0.6) is 0 Å². The van der Waals surface area contributed by atoms with Crippen LogP contribution in [-0.4, -0.2) is 25.5 Å². The van der Waals surface area contributed by atoms with Gasteiger partial charge in [0.05, 0.1) is 4.47 Å². The van der Waals surface area contributed by atoms with Crippen molar-refractivity contribution >= 4 is 54.3 Å². The van der Waals surface area contributed by atoms with Gasteiger partial charge in [-0.1, -0.05) is 11.3 Å². The molecule has 8 heteroatoms. The summed E-state index contributed by atoms with van der Waals surface area (Å²) in [7, 11) is 0. The number of rotatable bonds is 2. The highest BCUT2D eigenvalue weighted by Gasteiger charge is 2.30. The maximum Gasteiger partial charge on any atom is 0.229 e. The maximum atomic E-state index is 11.7. The zero-order valence-electron chi connectivity index (χ0n) is 9.63. The van der Waals surface area contributed by atoms with Gasteiger partial charge in [-0.05, 0) is 34.8 Å². The van der Waals surface area contributed by atoms with Gasteiger partial charge in [0.15, 0.2) is 10.8 Å². The minimum absolute atomic E-state index is 0.0629. The number of aromatic nitrogens is 4. The molecular formula is C11H8BrN5OS. The Hall–Kier alpha value is -1.54. The van der Waals surface area contributed by atoms with Crippen LogP contribution in [0.2, 0.25) is 0 Å². The topological polar surface area (TPSA) is 72.2 Å². The number of halogens is 1. The van der Waals surface area contributed by atoms with Crippen LogP contribution in [-0.2, 0) is 4.79 Å². The van der Waals surface area contributed by atoms with Crippen molar-refractivity contribution in [2.24, 2.45) is 5.92 Å². The van der Waals surface area contributed by atoms with E-state index in [0.29, 0.717) is 5.13 Å². The molecule has 1 N–H and O–H groups in total. The average Bonchev–Trinajstić information content (AvgIpc) is 2.97. The lowest BCUT2D eigenvalue weighted by atomic mass is 10.4. The van der Waals surface area contributed by atoms with Gasteiger partial charge in [-0.25, -0.2) is 14.5 Å². The Morgan fingerprint density at radius 2 is 2.37 bits per heavy atom. The Labute approximate surface area is 120 Å². The first-order chi connectivity index (χ1) is 9.22. The number of anilines is 1. The highest BCUT2D eigenvalue weighted by molar-refractivity contribution is 9.10. The highest BCUT2D eigenvalue weighted by atomic mass is 79.9. The summed E-state index contributed by atoms with van der Waals surface area (Å²) >= 11 is 4.85. The second-order valence-electron chi connectivity index (χ2n) is 4.46. The second kappa shape index (κ2) is 3.97. The Bertz CT molecular complexity index is 806. The Morgan fingerprint density at radius 3 is 3.16 bits per heavy atom. The monoisotopic (exact) mass is 337 g/mol. The van der Waals surface area contributed by atoms with Gasteiger partial charge in [0.25, 0.3) is 0 Å². The molecule has 6 nitrogen and oxygen atoms in total. The van der Waals surface area contributed by atoms with Gasteiger partial charge in [-0.15, -0.1) is 0 Å². The summed E-state index contributed by atoms with van der Waals surface area (Å²) in [5.41, 5.74) is 1.54. The second-order valence-corrected chi connectivity index (χ2v) is 6.29. The highest BCUT2D eigenvalue weighted by Crippen LogP contribution is 2.33. The van der Waals surface area contributed by atoms with Crippen molar-refractivity contribution in [3.05, 3.63) is 16.9 Å². The third kappa shape index (κ3) is 1.82. The van der Waals surface area contributed by atoms with E-state index >= 15 is 0 Å². The molecule has 1 saturated carbocycles. The molecule has 0 saturated heterocycles. The standard InChI is InChI=1S/C11H8BrN5OS/c12-6-3-7-10(17-8(6)13-4-14-17)19-11(15-7)16-9(18)5-1-2-5/h3-5H,1-2H2,(H,15,16,18). The summed E-state index contributed by atoms with van der Waals surface area (Å²) in [6, 6.07) is 1.89. The molecule has 0 unspecified atom stereocenters. The molecule has 0 aromatic carbocycles. The molecule has 1 fully saturated rings. The first-order valence-electron chi connectivity index (χ1n) is 5.82. The minimum atomic E-state index is 0.0629. The molecule has 3 heterocycles. The minimum Gasteiger partial charge on any atom is -0.302 e. The molecule has 0 spiro atoms. The zero-order chi connectivity index (χ0) is 13.0. The molecule has 0 aliphatic heterocycles. The van der Waals surface area contributed by atoms with Gasteiger partial charge in [-0.3, -0.25) is 4.79 Å². The SMILES string of the molecule is O=C(Nc1nc2cc(Br)c3ncnn3c2s1)C1CC1. The maximum absolute atomic E-state index is 11.7. The van der Waals surface area contributed by atoms with Crippen LogP contribution >= 0.6 is 27.3 Å². The fraction of sp³-hybridized carbons (Fsp3) is 0.273. The number of amides is 1. The molecule has 4 rings (SSSR count). The van der Waals surface area contributed by atoms with Crippen molar-refractivity contribution in [3.8, 4) is 0 Å². The van der Waals surface area contributed by atoms with Crippen LogP contribution in [0.25, 0.3) is 16.0 Å². The summed E-state index contributed by atoms with van der Waals surface area (Å²) in [5.74, 6) is 0.234. The third-order valence-electron chi connectivity index (χ3n) is 3.03. The van der Waals surface area contributed by atoms with Crippen molar-refractivity contribution in [2.45, 2.75) is 12.8 Å². The molecule has 3 aromatic rings. The van der Waals surface area contributed by atoms with E-state index in [1.165, 1.54) is 17.7 Å². The summed E-state index contributed by atoms with van der Waals surface area (Å²) in [4.78, 5) is 21.2. The smallest absolute Gasteiger partial charge is 0.229 e. The molecule has 19 heavy (non-hydrogen) atoms. The Morgan fingerprint density at radius 1 is 1.53 bits per heavy atom. The Kier molecular flexibility index (Phi) is 2.36. The number of thiazole rings is 1. The molecule has 96 valence electrons. The van der Waals surface area contributed by atoms with Crippen LogP contribution in [0.3, 0.4) is 0 Å².